The molecule has 6 heteroatoms. The Labute approximate surface area is 175 Å². The lowest BCUT2D eigenvalue weighted by molar-refractivity contribution is -0.671. The smallest absolute Gasteiger partial charge is 0.260 e. The highest BCUT2D eigenvalue weighted by Gasteiger charge is 2.31. The molecule has 3 aromatic rings. The lowest BCUT2D eigenvalue weighted by Crippen LogP contribution is -2.83. The molecule has 154 valence electrons. The second-order valence-corrected chi connectivity index (χ2v) is 10.3. The maximum Gasteiger partial charge on any atom is 0.260 e. The molecule has 0 saturated heterocycles. The molecule has 0 saturated carbocycles. The van der Waals surface area contributed by atoms with Crippen LogP contribution >= 0.6 is 11.3 Å². The van der Waals surface area contributed by atoms with Crippen molar-refractivity contribution >= 4 is 21.6 Å². The van der Waals surface area contributed by atoms with Crippen LogP contribution in [0.1, 0.15) is 49.0 Å². The van der Waals surface area contributed by atoms with E-state index in [1.165, 1.54) is 16.0 Å². The summed E-state index contributed by atoms with van der Waals surface area (Å²) >= 11 is 1.72. The molecule has 0 radical (unpaired) electrons. The summed E-state index contributed by atoms with van der Waals surface area (Å²) in [4.78, 5) is 22.8. The third-order valence-corrected chi connectivity index (χ3v) is 7.25. The Morgan fingerprint density at radius 2 is 2.03 bits per heavy atom. The van der Waals surface area contributed by atoms with Crippen LogP contribution in [0.5, 0.6) is 5.75 Å². The fraction of sp³-hybridized carbons (Fsp3) is 0.478. The first-order valence-electron chi connectivity index (χ1n) is 10.4. The molecule has 0 unspecified atom stereocenters. The molecule has 0 fully saturated rings. The average molecular weight is 413 g/mol. The van der Waals surface area contributed by atoms with E-state index in [0.29, 0.717) is 23.6 Å². The first-order chi connectivity index (χ1) is 13.8. The van der Waals surface area contributed by atoms with E-state index in [1.54, 1.807) is 23.5 Å². The number of benzene rings is 1. The molecule has 0 amide bonds. The van der Waals surface area contributed by atoms with Crippen molar-refractivity contribution in [2.24, 2.45) is 11.3 Å². The summed E-state index contributed by atoms with van der Waals surface area (Å²) in [6, 6.07) is 7.31. The van der Waals surface area contributed by atoms with Crippen molar-refractivity contribution in [2.75, 3.05) is 6.54 Å². The highest BCUT2D eigenvalue weighted by molar-refractivity contribution is 7.18. The molecule has 1 aliphatic rings. The normalized spacial score (nSPS) is 16.9. The first kappa shape index (κ1) is 20.1. The number of quaternary nitrogens is 1. The molecule has 2 heterocycles. The molecule has 29 heavy (non-hydrogen) atoms. The van der Waals surface area contributed by atoms with Gasteiger partial charge in [-0.1, -0.05) is 32.9 Å². The van der Waals surface area contributed by atoms with Crippen molar-refractivity contribution in [3.8, 4) is 5.75 Å². The molecule has 0 bridgehead atoms. The molecule has 1 atom stereocenters. The van der Waals surface area contributed by atoms with Gasteiger partial charge in [0, 0.05) is 11.3 Å². The number of nitrogens with zero attached hydrogens (tertiary/aromatic N) is 1. The van der Waals surface area contributed by atoms with Gasteiger partial charge in [-0.05, 0) is 53.9 Å². The Balaban J connectivity index is 1.45. The third-order valence-electron chi connectivity index (χ3n) is 6.10. The minimum atomic E-state index is 0.0173. The van der Waals surface area contributed by atoms with Crippen LogP contribution < -0.4 is 10.9 Å². The number of aryl methyl sites for hydroxylation is 1. The Morgan fingerprint density at radius 3 is 2.76 bits per heavy atom. The second kappa shape index (κ2) is 7.92. The van der Waals surface area contributed by atoms with Gasteiger partial charge in [0.05, 0.1) is 11.9 Å². The molecular formula is C23H30N3O2S+. The van der Waals surface area contributed by atoms with Crippen molar-refractivity contribution in [1.29, 1.82) is 0 Å². The van der Waals surface area contributed by atoms with E-state index in [-0.39, 0.29) is 5.56 Å². The molecule has 5 nitrogen and oxygen atoms in total. The molecule has 1 aromatic carbocycles. The van der Waals surface area contributed by atoms with Gasteiger partial charge in [-0.25, -0.2) is 4.98 Å². The van der Waals surface area contributed by atoms with Crippen LogP contribution in [0.25, 0.3) is 10.2 Å². The molecule has 0 spiro atoms. The summed E-state index contributed by atoms with van der Waals surface area (Å²) in [6.07, 6.45) is 4.11. The molecule has 4 rings (SSSR count). The highest BCUT2D eigenvalue weighted by atomic mass is 32.1. The zero-order chi connectivity index (χ0) is 20.6. The summed E-state index contributed by atoms with van der Waals surface area (Å²) in [5.74, 6) is 1.70. The monoisotopic (exact) mass is 412 g/mol. The topological polar surface area (TPSA) is 82.6 Å². The lowest BCUT2D eigenvalue weighted by Gasteiger charge is -2.33. The van der Waals surface area contributed by atoms with Gasteiger partial charge in [0.1, 0.15) is 17.1 Å². The Morgan fingerprint density at radius 1 is 1.28 bits per heavy atom. The number of aromatic amines is 1. The molecular weight excluding hydrogens is 382 g/mol. The van der Waals surface area contributed by atoms with Crippen LogP contribution in [0.2, 0.25) is 0 Å². The van der Waals surface area contributed by atoms with Crippen molar-refractivity contribution in [3.63, 3.8) is 0 Å². The number of fused-ring (bicyclic) bond motifs is 3. The van der Waals surface area contributed by atoms with E-state index in [9.17, 15) is 9.90 Å². The van der Waals surface area contributed by atoms with Crippen LogP contribution in [0.15, 0.2) is 29.1 Å². The van der Waals surface area contributed by atoms with E-state index in [1.807, 2.05) is 12.1 Å². The van der Waals surface area contributed by atoms with Crippen LogP contribution in [-0.4, -0.2) is 21.6 Å². The second-order valence-electron chi connectivity index (χ2n) is 9.20. The highest BCUT2D eigenvalue weighted by Crippen LogP contribution is 2.41. The average Bonchev–Trinajstić information content (AvgIpc) is 3.04. The van der Waals surface area contributed by atoms with E-state index < -0.39 is 0 Å². The quantitative estimate of drug-likeness (QED) is 0.563. The van der Waals surface area contributed by atoms with Crippen LogP contribution in [-0.2, 0) is 25.8 Å². The van der Waals surface area contributed by atoms with Gasteiger partial charge in [-0.2, -0.15) is 0 Å². The van der Waals surface area contributed by atoms with Gasteiger partial charge in [-0.15, -0.1) is 11.3 Å². The number of phenols is 1. The van der Waals surface area contributed by atoms with Crippen LogP contribution in [0, 0.1) is 11.3 Å². The predicted octanol–water partition coefficient (Wildman–Crippen LogP) is 3.15. The van der Waals surface area contributed by atoms with E-state index in [4.69, 9.17) is 4.98 Å². The zero-order valence-electron chi connectivity index (χ0n) is 17.4. The molecule has 1 aliphatic carbocycles. The Kier molecular flexibility index (Phi) is 5.49. The fourth-order valence-electron chi connectivity index (χ4n) is 4.23. The fourth-order valence-corrected chi connectivity index (χ4v) is 5.55. The van der Waals surface area contributed by atoms with Gasteiger partial charge < -0.3 is 15.4 Å². The van der Waals surface area contributed by atoms with Crippen molar-refractivity contribution < 1.29 is 10.4 Å². The minimum absolute atomic E-state index is 0.0173. The van der Waals surface area contributed by atoms with Crippen LogP contribution in [0.3, 0.4) is 0 Å². The number of nitrogens with one attached hydrogen (secondary N) is 1. The number of hydrogen-bond donors (Lipinski definition) is 3. The van der Waals surface area contributed by atoms with Gasteiger partial charge in [-0.3, -0.25) is 4.79 Å². The zero-order valence-corrected chi connectivity index (χ0v) is 18.2. The first-order valence-corrected chi connectivity index (χ1v) is 11.3. The van der Waals surface area contributed by atoms with Crippen molar-refractivity contribution in [2.45, 2.75) is 53.0 Å². The summed E-state index contributed by atoms with van der Waals surface area (Å²) in [6.45, 7) is 8.50. The molecule has 4 N–H and O–H groups in total. The molecule has 0 aliphatic heterocycles. The summed E-state index contributed by atoms with van der Waals surface area (Å²) in [5, 5.41) is 12.3. The third kappa shape index (κ3) is 4.38. The Bertz CT molecular complexity index is 1060. The predicted molar refractivity (Wildman–Crippen MR) is 118 cm³/mol. The lowest BCUT2D eigenvalue weighted by atomic mass is 9.72. The number of phenolic OH excluding ortho intramolecular Hbond substituents is 1. The number of nitrogens with two attached hydrogens (primary N) is 1. The van der Waals surface area contributed by atoms with Gasteiger partial charge in [0.15, 0.2) is 5.82 Å². The number of aromatic nitrogens is 2. The summed E-state index contributed by atoms with van der Waals surface area (Å²) < 4.78 is 0. The Hall–Kier alpha value is -2.18. The number of aromatic hydroxyl groups is 1. The van der Waals surface area contributed by atoms with E-state index in [0.717, 1.165) is 48.3 Å². The van der Waals surface area contributed by atoms with Gasteiger partial charge in [0.2, 0.25) is 0 Å². The maximum atomic E-state index is 12.8. The SMILES string of the molecule is CC(C)(C)[C@@H]1CCc2c(sc3nc(C[NH2+]CCc4ccc(O)cc4)[nH]c(=O)c23)C1. The standard InChI is InChI=1S/C23H29N3O2S/c1-23(2,3)15-6-9-17-18(12-15)29-22-20(17)21(28)25-19(26-22)13-24-11-10-14-4-7-16(27)8-5-14/h4-5,7-8,15,24,27H,6,9-13H2,1-3H3,(H,25,26,28)/p+1/t15-/m1/s1. The summed E-state index contributed by atoms with van der Waals surface area (Å²) in [5.41, 5.74) is 2.74. The van der Waals surface area contributed by atoms with Crippen molar-refractivity contribution in [1.82, 2.24) is 9.97 Å². The number of thiophene rings is 1. The molecule has 2 aromatic heterocycles. The number of H-pyrrole nitrogens is 1. The van der Waals surface area contributed by atoms with Gasteiger partial charge in [0.25, 0.3) is 5.56 Å². The van der Waals surface area contributed by atoms with Crippen LogP contribution in [0.4, 0.5) is 0 Å². The van der Waals surface area contributed by atoms with E-state index >= 15 is 0 Å². The van der Waals surface area contributed by atoms with Crippen molar-refractivity contribution in [3.05, 3.63) is 56.4 Å². The maximum absolute atomic E-state index is 12.8. The minimum Gasteiger partial charge on any atom is -0.508 e. The number of rotatable bonds is 5. The largest absolute Gasteiger partial charge is 0.508 e. The number of hydrogen-bond acceptors (Lipinski definition) is 4. The summed E-state index contributed by atoms with van der Waals surface area (Å²) in [7, 11) is 0. The van der Waals surface area contributed by atoms with Gasteiger partial charge >= 0.3 is 0 Å². The van der Waals surface area contributed by atoms with E-state index in [2.05, 4.69) is 31.1 Å².